The number of rotatable bonds is 2. The molecule has 1 N–H and O–H groups in total. The second-order valence-electron chi connectivity index (χ2n) is 2.71. The fraction of sp³-hybridized carbons (Fsp3) is 0.714. The summed E-state index contributed by atoms with van der Waals surface area (Å²) in [5.74, 6) is 0.0297. The maximum absolute atomic E-state index is 11.0. The standard InChI is InChI=1S/C7H12N2O2/c1-5(6(2)10)9-4-3-8-7(9)11/h5H,3-4H2,1-2H3,(H,8,11). The fourth-order valence-corrected chi connectivity index (χ4v) is 1.08. The summed E-state index contributed by atoms with van der Waals surface area (Å²) in [7, 11) is 0. The predicted molar refractivity (Wildman–Crippen MR) is 40.2 cm³/mol. The van der Waals surface area contributed by atoms with E-state index < -0.39 is 0 Å². The molecule has 1 unspecified atom stereocenters. The molecule has 0 aromatic heterocycles. The molecule has 1 rings (SSSR count). The molecular formula is C7H12N2O2. The number of hydrogen-bond donors (Lipinski definition) is 1. The monoisotopic (exact) mass is 156 g/mol. The van der Waals surface area contributed by atoms with E-state index in [0.29, 0.717) is 13.1 Å². The molecule has 0 saturated carbocycles. The first-order valence-corrected chi connectivity index (χ1v) is 3.68. The number of nitrogens with one attached hydrogen (secondary N) is 1. The van der Waals surface area contributed by atoms with Crippen molar-refractivity contribution in [2.75, 3.05) is 13.1 Å². The van der Waals surface area contributed by atoms with E-state index in [9.17, 15) is 9.59 Å². The van der Waals surface area contributed by atoms with Crippen molar-refractivity contribution in [3.8, 4) is 0 Å². The van der Waals surface area contributed by atoms with Crippen LogP contribution in [0, 0.1) is 0 Å². The minimum Gasteiger partial charge on any atom is -0.336 e. The SMILES string of the molecule is CC(=O)C(C)N1CCNC1=O. The van der Waals surface area contributed by atoms with E-state index >= 15 is 0 Å². The summed E-state index contributed by atoms with van der Waals surface area (Å²) in [6.07, 6.45) is 0. The Labute approximate surface area is 65.6 Å². The van der Waals surface area contributed by atoms with Crippen LogP contribution < -0.4 is 5.32 Å². The van der Waals surface area contributed by atoms with Gasteiger partial charge in [-0.15, -0.1) is 0 Å². The van der Waals surface area contributed by atoms with Gasteiger partial charge in [-0.05, 0) is 13.8 Å². The summed E-state index contributed by atoms with van der Waals surface area (Å²) in [4.78, 5) is 23.4. The number of carbonyl (C=O) groups excluding carboxylic acids is 2. The van der Waals surface area contributed by atoms with Gasteiger partial charge in [-0.25, -0.2) is 4.79 Å². The molecular weight excluding hydrogens is 144 g/mol. The predicted octanol–water partition coefficient (Wildman–Crippen LogP) is -0.0109. The molecule has 1 heterocycles. The second kappa shape index (κ2) is 2.90. The van der Waals surface area contributed by atoms with E-state index in [4.69, 9.17) is 0 Å². The van der Waals surface area contributed by atoms with Crippen molar-refractivity contribution in [2.45, 2.75) is 19.9 Å². The number of hydrogen-bond acceptors (Lipinski definition) is 2. The highest BCUT2D eigenvalue weighted by Crippen LogP contribution is 2.04. The topological polar surface area (TPSA) is 49.4 Å². The Bertz CT molecular complexity index is 191. The highest BCUT2D eigenvalue weighted by molar-refractivity contribution is 5.87. The summed E-state index contributed by atoms with van der Waals surface area (Å²) in [5.41, 5.74) is 0. The van der Waals surface area contributed by atoms with Crippen LogP contribution >= 0.6 is 0 Å². The molecule has 0 radical (unpaired) electrons. The Hall–Kier alpha value is -1.06. The van der Waals surface area contributed by atoms with E-state index in [-0.39, 0.29) is 17.9 Å². The van der Waals surface area contributed by atoms with Crippen LogP contribution in [-0.4, -0.2) is 35.8 Å². The van der Waals surface area contributed by atoms with Gasteiger partial charge in [-0.3, -0.25) is 4.79 Å². The molecule has 1 saturated heterocycles. The van der Waals surface area contributed by atoms with Gasteiger partial charge in [0.1, 0.15) is 0 Å². The van der Waals surface area contributed by atoms with Crippen LogP contribution in [0.3, 0.4) is 0 Å². The van der Waals surface area contributed by atoms with Gasteiger partial charge < -0.3 is 10.2 Å². The molecule has 4 heteroatoms. The van der Waals surface area contributed by atoms with Crippen LogP contribution in [0.15, 0.2) is 0 Å². The lowest BCUT2D eigenvalue weighted by Gasteiger charge is -2.19. The summed E-state index contributed by atoms with van der Waals surface area (Å²) in [6, 6.07) is -0.412. The first kappa shape index (κ1) is 8.04. The van der Waals surface area contributed by atoms with Crippen LogP contribution in [-0.2, 0) is 4.79 Å². The van der Waals surface area contributed by atoms with Crippen molar-refractivity contribution in [3.05, 3.63) is 0 Å². The van der Waals surface area contributed by atoms with Crippen molar-refractivity contribution in [1.82, 2.24) is 10.2 Å². The van der Waals surface area contributed by atoms with Crippen molar-refractivity contribution in [1.29, 1.82) is 0 Å². The lowest BCUT2D eigenvalue weighted by Crippen LogP contribution is -2.40. The van der Waals surface area contributed by atoms with Crippen molar-refractivity contribution < 1.29 is 9.59 Å². The fourth-order valence-electron chi connectivity index (χ4n) is 1.08. The Morgan fingerprint density at radius 1 is 1.73 bits per heavy atom. The van der Waals surface area contributed by atoms with Gasteiger partial charge in [0.15, 0.2) is 5.78 Å². The molecule has 1 atom stereocenters. The Kier molecular flexibility index (Phi) is 2.12. The van der Waals surface area contributed by atoms with E-state index in [2.05, 4.69) is 5.32 Å². The molecule has 1 fully saturated rings. The summed E-state index contributed by atoms with van der Waals surface area (Å²) >= 11 is 0. The van der Waals surface area contributed by atoms with Crippen LogP contribution in [0.25, 0.3) is 0 Å². The molecule has 0 bridgehead atoms. The summed E-state index contributed by atoms with van der Waals surface area (Å²) < 4.78 is 0. The molecule has 2 amide bonds. The van der Waals surface area contributed by atoms with E-state index in [1.165, 1.54) is 6.92 Å². The van der Waals surface area contributed by atoms with E-state index in [1.807, 2.05) is 0 Å². The zero-order valence-electron chi connectivity index (χ0n) is 6.76. The Balaban J connectivity index is 2.59. The summed E-state index contributed by atoms with van der Waals surface area (Å²) in [5, 5.41) is 2.64. The lowest BCUT2D eigenvalue weighted by atomic mass is 10.2. The average molecular weight is 156 g/mol. The molecule has 1 aliphatic rings. The molecule has 0 aromatic rings. The van der Waals surface area contributed by atoms with E-state index in [0.717, 1.165) is 0 Å². The average Bonchev–Trinajstić information content (AvgIpc) is 2.33. The number of urea groups is 1. The minimum absolute atomic E-state index is 0.0297. The third-order valence-electron chi connectivity index (χ3n) is 1.95. The number of amides is 2. The van der Waals surface area contributed by atoms with Crippen LogP contribution in [0.5, 0.6) is 0 Å². The number of nitrogens with zero attached hydrogens (tertiary/aromatic N) is 1. The Morgan fingerprint density at radius 2 is 2.36 bits per heavy atom. The number of carbonyl (C=O) groups is 2. The van der Waals surface area contributed by atoms with Crippen molar-refractivity contribution in [2.24, 2.45) is 0 Å². The van der Waals surface area contributed by atoms with Crippen molar-refractivity contribution >= 4 is 11.8 Å². The molecule has 0 aliphatic carbocycles. The van der Waals surface area contributed by atoms with Crippen LogP contribution in [0.2, 0.25) is 0 Å². The van der Waals surface area contributed by atoms with Gasteiger partial charge in [-0.1, -0.05) is 0 Å². The zero-order chi connectivity index (χ0) is 8.43. The van der Waals surface area contributed by atoms with Crippen molar-refractivity contribution in [3.63, 3.8) is 0 Å². The van der Waals surface area contributed by atoms with Gasteiger partial charge >= 0.3 is 6.03 Å². The quantitative estimate of drug-likeness (QED) is 0.611. The first-order chi connectivity index (χ1) is 5.13. The molecule has 11 heavy (non-hydrogen) atoms. The normalized spacial score (nSPS) is 19.8. The highest BCUT2D eigenvalue weighted by Gasteiger charge is 2.26. The molecule has 62 valence electrons. The molecule has 4 nitrogen and oxygen atoms in total. The lowest BCUT2D eigenvalue weighted by molar-refractivity contribution is -0.120. The minimum atomic E-state index is -0.280. The smallest absolute Gasteiger partial charge is 0.318 e. The van der Waals surface area contributed by atoms with Gasteiger partial charge in [0.05, 0.1) is 6.04 Å². The third-order valence-corrected chi connectivity index (χ3v) is 1.95. The molecule has 1 aliphatic heterocycles. The maximum atomic E-state index is 11.0. The van der Waals surface area contributed by atoms with Gasteiger partial charge in [-0.2, -0.15) is 0 Å². The summed E-state index contributed by atoms with van der Waals surface area (Å²) in [6.45, 7) is 4.53. The van der Waals surface area contributed by atoms with Gasteiger partial charge in [0.25, 0.3) is 0 Å². The van der Waals surface area contributed by atoms with Gasteiger partial charge in [0.2, 0.25) is 0 Å². The van der Waals surface area contributed by atoms with Gasteiger partial charge in [0, 0.05) is 13.1 Å². The number of ketones is 1. The largest absolute Gasteiger partial charge is 0.336 e. The zero-order valence-corrected chi connectivity index (χ0v) is 6.76. The first-order valence-electron chi connectivity index (χ1n) is 3.68. The Morgan fingerprint density at radius 3 is 2.73 bits per heavy atom. The molecule has 0 aromatic carbocycles. The third kappa shape index (κ3) is 1.50. The highest BCUT2D eigenvalue weighted by atomic mass is 16.2. The van der Waals surface area contributed by atoms with E-state index in [1.54, 1.807) is 11.8 Å². The van der Waals surface area contributed by atoms with Crippen LogP contribution in [0.4, 0.5) is 4.79 Å². The maximum Gasteiger partial charge on any atom is 0.318 e. The second-order valence-corrected chi connectivity index (χ2v) is 2.71. The van der Waals surface area contributed by atoms with Crippen LogP contribution in [0.1, 0.15) is 13.8 Å². The number of Topliss-reactive ketones (excluding diaryl/α,β-unsaturated/α-hetero) is 1. The molecule has 0 spiro atoms.